The molecule has 0 aromatic heterocycles. The van der Waals surface area contributed by atoms with Gasteiger partial charge < -0.3 is 16.2 Å². The highest BCUT2D eigenvalue weighted by Gasteiger charge is 2.19. The second kappa shape index (κ2) is 6.60. The Balaban J connectivity index is 4.34. The maximum Gasteiger partial charge on any atom is 0.326 e. The van der Waals surface area contributed by atoms with Gasteiger partial charge in [-0.1, -0.05) is 5.57 Å². The first-order valence-corrected chi connectivity index (χ1v) is 4.79. The van der Waals surface area contributed by atoms with Gasteiger partial charge in [0.2, 0.25) is 11.8 Å². The molecule has 6 nitrogen and oxygen atoms in total. The van der Waals surface area contributed by atoms with Gasteiger partial charge in [-0.3, -0.25) is 9.59 Å². The van der Waals surface area contributed by atoms with Crippen LogP contribution in [0.1, 0.15) is 26.7 Å². The highest BCUT2D eigenvalue weighted by Crippen LogP contribution is 1.98. The maximum atomic E-state index is 11.2. The molecule has 0 aliphatic heterocycles. The molecule has 16 heavy (non-hydrogen) atoms. The number of hydrogen-bond acceptors (Lipinski definition) is 3. The molecule has 0 bridgehead atoms. The van der Waals surface area contributed by atoms with Gasteiger partial charge in [-0.2, -0.15) is 0 Å². The van der Waals surface area contributed by atoms with Crippen molar-refractivity contribution >= 4 is 17.8 Å². The number of nitrogens with one attached hydrogen (secondary N) is 1. The Morgan fingerprint density at radius 1 is 1.38 bits per heavy atom. The Kier molecular flexibility index (Phi) is 5.84. The molecule has 0 aromatic carbocycles. The van der Waals surface area contributed by atoms with Crippen LogP contribution in [-0.4, -0.2) is 28.9 Å². The third kappa shape index (κ3) is 6.58. The van der Waals surface area contributed by atoms with Crippen molar-refractivity contribution in [2.45, 2.75) is 32.7 Å². The lowest BCUT2D eigenvalue weighted by molar-refractivity contribution is -0.141. The summed E-state index contributed by atoms with van der Waals surface area (Å²) in [5.74, 6) is -2.27. The van der Waals surface area contributed by atoms with Crippen LogP contribution in [0, 0.1) is 0 Å². The van der Waals surface area contributed by atoms with Crippen molar-refractivity contribution in [2.75, 3.05) is 0 Å². The van der Waals surface area contributed by atoms with Crippen LogP contribution < -0.4 is 11.1 Å². The second-order valence-electron chi connectivity index (χ2n) is 3.63. The van der Waals surface area contributed by atoms with Gasteiger partial charge in [-0.15, -0.1) is 0 Å². The van der Waals surface area contributed by atoms with Crippen molar-refractivity contribution < 1.29 is 19.5 Å². The summed E-state index contributed by atoms with van der Waals surface area (Å²) in [5, 5.41) is 11.1. The van der Waals surface area contributed by atoms with Gasteiger partial charge in [0.1, 0.15) is 6.04 Å². The molecule has 0 spiro atoms. The fourth-order valence-corrected chi connectivity index (χ4v) is 1.02. The van der Waals surface area contributed by atoms with E-state index in [0.29, 0.717) is 0 Å². The number of hydrogen-bond donors (Lipinski definition) is 3. The summed E-state index contributed by atoms with van der Waals surface area (Å²) < 4.78 is 0. The molecule has 1 atom stereocenters. The molecule has 0 saturated heterocycles. The summed E-state index contributed by atoms with van der Waals surface area (Å²) in [7, 11) is 0. The number of aliphatic carboxylic acids is 1. The number of rotatable bonds is 6. The van der Waals surface area contributed by atoms with Crippen molar-refractivity contribution in [1.29, 1.82) is 0 Å². The van der Waals surface area contributed by atoms with Crippen LogP contribution >= 0.6 is 0 Å². The number of primary amides is 1. The minimum Gasteiger partial charge on any atom is -0.480 e. The lowest BCUT2D eigenvalue weighted by Crippen LogP contribution is -2.40. The number of carbonyl (C=O) groups is 3. The van der Waals surface area contributed by atoms with Crippen molar-refractivity contribution in [1.82, 2.24) is 5.32 Å². The zero-order valence-electron chi connectivity index (χ0n) is 9.32. The molecule has 0 rings (SSSR count). The van der Waals surface area contributed by atoms with Crippen molar-refractivity contribution in [3.63, 3.8) is 0 Å². The third-order valence-corrected chi connectivity index (χ3v) is 1.71. The van der Waals surface area contributed by atoms with E-state index < -0.39 is 23.8 Å². The van der Waals surface area contributed by atoms with Gasteiger partial charge in [-0.05, 0) is 20.3 Å². The summed E-state index contributed by atoms with van der Waals surface area (Å²) in [6.07, 6.45) is 1.21. The standard InChI is InChI=1S/C10H16N2O4/c1-6(2)5-9(14)12-7(10(15)16)3-4-8(11)13/h5,7H,3-4H2,1-2H3,(H2,11,13)(H,12,14)(H,15,16). The summed E-state index contributed by atoms with van der Waals surface area (Å²) >= 11 is 0. The molecule has 1 unspecified atom stereocenters. The molecule has 0 radical (unpaired) electrons. The highest BCUT2D eigenvalue weighted by atomic mass is 16.4. The van der Waals surface area contributed by atoms with E-state index in [9.17, 15) is 14.4 Å². The van der Waals surface area contributed by atoms with E-state index in [0.717, 1.165) is 5.57 Å². The average molecular weight is 228 g/mol. The van der Waals surface area contributed by atoms with Gasteiger partial charge in [-0.25, -0.2) is 4.79 Å². The average Bonchev–Trinajstić information content (AvgIpc) is 2.09. The Labute approximate surface area is 93.5 Å². The first kappa shape index (κ1) is 14.2. The van der Waals surface area contributed by atoms with Crippen LogP contribution in [0.5, 0.6) is 0 Å². The predicted molar refractivity (Wildman–Crippen MR) is 57.4 cm³/mol. The van der Waals surface area contributed by atoms with Crippen molar-refractivity contribution in [3.8, 4) is 0 Å². The van der Waals surface area contributed by atoms with E-state index >= 15 is 0 Å². The zero-order valence-corrected chi connectivity index (χ0v) is 9.32. The Morgan fingerprint density at radius 3 is 2.31 bits per heavy atom. The monoisotopic (exact) mass is 228 g/mol. The van der Waals surface area contributed by atoms with Crippen LogP contribution in [0.3, 0.4) is 0 Å². The van der Waals surface area contributed by atoms with E-state index in [-0.39, 0.29) is 12.8 Å². The summed E-state index contributed by atoms with van der Waals surface area (Å²) in [6, 6.07) is -1.09. The Bertz CT molecular complexity index is 319. The topological polar surface area (TPSA) is 109 Å². The van der Waals surface area contributed by atoms with E-state index in [1.165, 1.54) is 6.08 Å². The van der Waals surface area contributed by atoms with E-state index in [2.05, 4.69) is 5.32 Å². The SMILES string of the molecule is CC(C)=CC(=O)NC(CCC(N)=O)C(=O)O. The molecular formula is C10H16N2O4. The normalized spacial score (nSPS) is 11.4. The first-order chi connectivity index (χ1) is 7.32. The van der Waals surface area contributed by atoms with Crippen LogP contribution in [-0.2, 0) is 14.4 Å². The molecule has 2 amide bonds. The molecule has 0 aliphatic rings. The highest BCUT2D eigenvalue weighted by molar-refractivity contribution is 5.91. The van der Waals surface area contributed by atoms with Gasteiger partial charge in [0.15, 0.2) is 0 Å². The van der Waals surface area contributed by atoms with Crippen molar-refractivity contribution in [3.05, 3.63) is 11.6 Å². The minimum absolute atomic E-state index is 0.00694. The molecule has 90 valence electrons. The first-order valence-electron chi connectivity index (χ1n) is 4.79. The fraction of sp³-hybridized carbons (Fsp3) is 0.500. The van der Waals surface area contributed by atoms with Crippen LogP contribution in [0.25, 0.3) is 0 Å². The van der Waals surface area contributed by atoms with Gasteiger partial charge >= 0.3 is 5.97 Å². The second-order valence-corrected chi connectivity index (χ2v) is 3.63. The smallest absolute Gasteiger partial charge is 0.326 e. The van der Waals surface area contributed by atoms with E-state index in [4.69, 9.17) is 10.8 Å². The van der Waals surface area contributed by atoms with Crippen molar-refractivity contribution in [2.24, 2.45) is 5.73 Å². The maximum absolute atomic E-state index is 11.2. The number of nitrogens with two attached hydrogens (primary N) is 1. The molecule has 0 saturated carbocycles. The zero-order chi connectivity index (χ0) is 12.7. The van der Waals surface area contributed by atoms with Gasteiger partial charge in [0.25, 0.3) is 0 Å². The van der Waals surface area contributed by atoms with Crippen LogP contribution in [0.15, 0.2) is 11.6 Å². The molecule has 0 fully saturated rings. The summed E-state index contributed by atoms with van der Waals surface area (Å²) in [6.45, 7) is 3.44. The molecular weight excluding hydrogens is 212 g/mol. The summed E-state index contributed by atoms with van der Waals surface area (Å²) in [4.78, 5) is 32.5. The summed E-state index contributed by atoms with van der Waals surface area (Å²) in [5.41, 5.74) is 5.66. The third-order valence-electron chi connectivity index (χ3n) is 1.71. The number of carboxylic acid groups (broad SMARTS) is 1. The quantitative estimate of drug-likeness (QED) is 0.546. The number of carboxylic acids is 1. The largest absolute Gasteiger partial charge is 0.480 e. The lowest BCUT2D eigenvalue weighted by Gasteiger charge is -2.12. The number of carbonyl (C=O) groups excluding carboxylic acids is 2. The molecule has 0 heterocycles. The van der Waals surface area contributed by atoms with Gasteiger partial charge in [0.05, 0.1) is 0 Å². The van der Waals surface area contributed by atoms with E-state index in [1.807, 2.05) is 0 Å². The molecule has 0 aliphatic carbocycles. The van der Waals surface area contributed by atoms with Crippen LogP contribution in [0.4, 0.5) is 0 Å². The Morgan fingerprint density at radius 2 is 1.94 bits per heavy atom. The Hall–Kier alpha value is -1.85. The number of amides is 2. The van der Waals surface area contributed by atoms with Gasteiger partial charge in [0, 0.05) is 12.5 Å². The predicted octanol–water partition coefficient (Wildman–Crippen LogP) is -0.212. The van der Waals surface area contributed by atoms with Crippen LogP contribution in [0.2, 0.25) is 0 Å². The number of allylic oxidation sites excluding steroid dienone is 1. The van der Waals surface area contributed by atoms with E-state index in [1.54, 1.807) is 13.8 Å². The molecule has 4 N–H and O–H groups in total. The lowest BCUT2D eigenvalue weighted by atomic mass is 10.1. The molecule has 0 aromatic rings. The minimum atomic E-state index is -1.18. The molecule has 6 heteroatoms. The fourth-order valence-electron chi connectivity index (χ4n) is 1.02.